The van der Waals surface area contributed by atoms with E-state index < -0.39 is 0 Å². The van der Waals surface area contributed by atoms with Gasteiger partial charge in [0.2, 0.25) is 5.91 Å². The van der Waals surface area contributed by atoms with Gasteiger partial charge >= 0.3 is 0 Å². The van der Waals surface area contributed by atoms with Gasteiger partial charge in [0.25, 0.3) is 5.56 Å². The van der Waals surface area contributed by atoms with Gasteiger partial charge in [0.05, 0.1) is 23.1 Å². The molecule has 0 atom stereocenters. The minimum absolute atomic E-state index is 0.0889. The standard InChI is InChI=1S/C20H23N5O3/c1-14-12-15(28-23-14)13-24-8-10-25(11-9-24)19(26)7-6-18-21-17-5-3-2-4-16(17)20(27)22-18/h2-5,12H,6-11,13H2,1H3,(H,21,22,27). The molecule has 1 amide bonds. The Balaban J connectivity index is 1.29. The Morgan fingerprint density at radius 1 is 1.21 bits per heavy atom. The Hall–Kier alpha value is -3.00. The first kappa shape index (κ1) is 18.4. The van der Waals surface area contributed by atoms with E-state index in [9.17, 15) is 9.59 Å². The molecular formula is C20H23N5O3. The molecule has 1 fully saturated rings. The van der Waals surface area contributed by atoms with Gasteiger partial charge in [0.1, 0.15) is 5.82 Å². The van der Waals surface area contributed by atoms with E-state index in [4.69, 9.17) is 4.52 Å². The molecule has 0 radical (unpaired) electrons. The molecular weight excluding hydrogens is 358 g/mol. The van der Waals surface area contributed by atoms with Crippen LogP contribution >= 0.6 is 0 Å². The van der Waals surface area contributed by atoms with Gasteiger partial charge in [0, 0.05) is 45.1 Å². The zero-order valence-electron chi connectivity index (χ0n) is 15.9. The number of aryl methyl sites for hydroxylation is 2. The van der Waals surface area contributed by atoms with Crippen LogP contribution in [-0.4, -0.2) is 57.0 Å². The zero-order valence-corrected chi connectivity index (χ0v) is 15.9. The highest BCUT2D eigenvalue weighted by molar-refractivity contribution is 5.78. The number of aromatic amines is 1. The van der Waals surface area contributed by atoms with Gasteiger partial charge in [-0.3, -0.25) is 14.5 Å². The zero-order chi connectivity index (χ0) is 19.5. The van der Waals surface area contributed by atoms with E-state index in [0.29, 0.717) is 49.2 Å². The number of H-pyrrole nitrogens is 1. The Morgan fingerprint density at radius 3 is 2.75 bits per heavy atom. The number of piperazine rings is 1. The normalized spacial score (nSPS) is 15.2. The minimum atomic E-state index is -0.163. The molecule has 3 heterocycles. The van der Waals surface area contributed by atoms with Crippen molar-refractivity contribution in [3.8, 4) is 0 Å². The summed E-state index contributed by atoms with van der Waals surface area (Å²) in [7, 11) is 0. The number of carbonyl (C=O) groups is 1. The maximum atomic E-state index is 12.5. The molecule has 0 saturated carbocycles. The number of hydrogen-bond donors (Lipinski definition) is 1. The van der Waals surface area contributed by atoms with E-state index in [-0.39, 0.29) is 11.5 Å². The predicted molar refractivity (Wildman–Crippen MR) is 104 cm³/mol. The fourth-order valence-electron chi connectivity index (χ4n) is 3.50. The largest absolute Gasteiger partial charge is 0.360 e. The van der Waals surface area contributed by atoms with Crippen LogP contribution in [0.4, 0.5) is 0 Å². The van der Waals surface area contributed by atoms with E-state index in [1.807, 2.05) is 36.1 Å². The average Bonchev–Trinajstić information content (AvgIpc) is 3.11. The highest BCUT2D eigenvalue weighted by Gasteiger charge is 2.22. The van der Waals surface area contributed by atoms with Gasteiger partial charge in [-0.2, -0.15) is 0 Å². The third-order valence-electron chi connectivity index (χ3n) is 5.02. The smallest absolute Gasteiger partial charge is 0.258 e. The number of rotatable bonds is 5. The molecule has 0 bridgehead atoms. The van der Waals surface area contributed by atoms with Crippen molar-refractivity contribution in [1.82, 2.24) is 24.9 Å². The first-order chi connectivity index (χ1) is 13.6. The van der Waals surface area contributed by atoms with Gasteiger partial charge in [-0.1, -0.05) is 17.3 Å². The summed E-state index contributed by atoms with van der Waals surface area (Å²) >= 11 is 0. The van der Waals surface area contributed by atoms with Crippen molar-refractivity contribution in [2.24, 2.45) is 0 Å². The van der Waals surface area contributed by atoms with Crippen molar-refractivity contribution in [3.63, 3.8) is 0 Å². The molecule has 8 heteroatoms. The molecule has 146 valence electrons. The molecule has 0 unspecified atom stereocenters. The number of amides is 1. The van der Waals surface area contributed by atoms with Gasteiger partial charge < -0.3 is 14.4 Å². The van der Waals surface area contributed by atoms with E-state index in [1.165, 1.54) is 0 Å². The highest BCUT2D eigenvalue weighted by atomic mass is 16.5. The molecule has 4 rings (SSSR count). The topological polar surface area (TPSA) is 95.3 Å². The predicted octanol–water partition coefficient (Wildman–Crippen LogP) is 1.50. The van der Waals surface area contributed by atoms with Gasteiger partial charge in [-0.25, -0.2) is 4.98 Å². The van der Waals surface area contributed by atoms with Crippen LogP contribution in [0.1, 0.15) is 23.7 Å². The van der Waals surface area contributed by atoms with Gasteiger partial charge in [-0.15, -0.1) is 0 Å². The SMILES string of the molecule is Cc1cc(CN2CCN(C(=O)CCc3nc4ccccc4c(=O)[nH]3)CC2)on1. The average molecular weight is 381 g/mol. The maximum Gasteiger partial charge on any atom is 0.258 e. The number of benzene rings is 1. The summed E-state index contributed by atoms with van der Waals surface area (Å²) in [6.07, 6.45) is 0.763. The number of hydrogen-bond acceptors (Lipinski definition) is 6. The van der Waals surface area contributed by atoms with Crippen molar-refractivity contribution in [1.29, 1.82) is 0 Å². The molecule has 3 aromatic rings. The van der Waals surface area contributed by atoms with Crippen molar-refractivity contribution in [2.75, 3.05) is 26.2 Å². The fraction of sp³-hybridized carbons (Fsp3) is 0.400. The maximum absolute atomic E-state index is 12.5. The van der Waals surface area contributed by atoms with Crippen molar-refractivity contribution in [3.05, 3.63) is 58.0 Å². The second kappa shape index (κ2) is 7.93. The Labute approximate surface area is 162 Å². The van der Waals surface area contributed by atoms with Crippen LogP contribution in [0.25, 0.3) is 10.9 Å². The summed E-state index contributed by atoms with van der Waals surface area (Å²) < 4.78 is 5.26. The van der Waals surface area contributed by atoms with Crippen molar-refractivity contribution in [2.45, 2.75) is 26.3 Å². The molecule has 0 spiro atoms. The summed E-state index contributed by atoms with van der Waals surface area (Å²) in [6, 6.07) is 9.16. The molecule has 8 nitrogen and oxygen atoms in total. The molecule has 1 N–H and O–H groups in total. The molecule has 28 heavy (non-hydrogen) atoms. The number of carbonyl (C=O) groups excluding carboxylic acids is 1. The second-order valence-electron chi connectivity index (χ2n) is 7.12. The van der Waals surface area contributed by atoms with E-state index in [1.54, 1.807) is 6.07 Å². The number of nitrogens with one attached hydrogen (secondary N) is 1. The monoisotopic (exact) mass is 381 g/mol. The molecule has 1 aliphatic heterocycles. The van der Waals surface area contributed by atoms with Crippen LogP contribution in [0, 0.1) is 6.92 Å². The number of fused-ring (bicyclic) bond motifs is 1. The number of aromatic nitrogens is 3. The minimum Gasteiger partial charge on any atom is -0.360 e. The lowest BCUT2D eigenvalue weighted by Gasteiger charge is -2.34. The third-order valence-corrected chi connectivity index (χ3v) is 5.02. The Kier molecular flexibility index (Phi) is 5.21. The molecule has 0 aliphatic carbocycles. The number of para-hydroxylation sites is 1. The summed E-state index contributed by atoms with van der Waals surface area (Å²) in [5.74, 6) is 1.49. The lowest BCUT2D eigenvalue weighted by atomic mass is 10.2. The second-order valence-corrected chi connectivity index (χ2v) is 7.12. The third kappa shape index (κ3) is 4.12. The number of nitrogens with zero attached hydrogens (tertiary/aromatic N) is 4. The molecule has 1 aromatic carbocycles. The van der Waals surface area contributed by atoms with E-state index in [0.717, 1.165) is 24.5 Å². The van der Waals surface area contributed by atoms with Crippen LogP contribution in [0.15, 0.2) is 39.6 Å². The highest BCUT2D eigenvalue weighted by Crippen LogP contribution is 2.12. The fourth-order valence-corrected chi connectivity index (χ4v) is 3.50. The summed E-state index contributed by atoms with van der Waals surface area (Å²) in [6.45, 7) is 5.60. The first-order valence-corrected chi connectivity index (χ1v) is 9.49. The molecule has 1 saturated heterocycles. The lowest BCUT2D eigenvalue weighted by molar-refractivity contribution is -0.133. The van der Waals surface area contributed by atoms with Crippen molar-refractivity contribution < 1.29 is 9.32 Å². The molecule has 1 aliphatic rings. The van der Waals surface area contributed by atoms with Crippen LogP contribution < -0.4 is 5.56 Å². The van der Waals surface area contributed by atoms with Crippen LogP contribution in [0.5, 0.6) is 0 Å². The summed E-state index contributed by atoms with van der Waals surface area (Å²) in [4.78, 5) is 36.1. The van der Waals surface area contributed by atoms with E-state index >= 15 is 0 Å². The first-order valence-electron chi connectivity index (χ1n) is 9.49. The van der Waals surface area contributed by atoms with Crippen LogP contribution in [0.3, 0.4) is 0 Å². The Morgan fingerprint density at radius 2 is 2.00 bits per heavy atom. The summed E-state index contributed by atoms with van der Waals surface area (Å²) in [5, 5.41) is 4.47. The van der Waals surface area contributed by atoms with Crippen LogP contribution in [0.2, 0.25) is 0 Å². The molecule has 2 aromatic heterocycles. The van der Waals surface area contributed by atoms with Gasteiger partial charge in [0.15, 0.2) is 5.76 Å². The van der Waals surface area contributed by atoms with Crippen molar-refractivity contribution >= 4 is 16.8 Å². The summed E-state index contributed by atoms with van der Waals surface area (Å²) in [5.41, 5.74) is 1.37. The lowest BCUT2D eigenvalue weighted by Crippen LogP contribution is -2.48. The Bertz CT molecular complexity index is 1030. The van der Waals surface area contributed by atoms with E-state index in [2.05, 4.69) is 20.0 Å². The van der Waals surface area contributed by atoms with Crippen LogP contribution in [-0.2, 0) is 17.8 Å². The quantitative estimate of drug-likeness (QED) is 0.720. The van der Waals surface area contributed by atoms with Gasteiger partial charge in [-0.05, 0) is 19.1 Å².